The Labute approximate surface area is 197 Å². The van der Waals surface area contributed by atoms with Crippen molar-refractivity contribution in [1.82, 2.24) is 23.8 Å². The highest BCUT2D eigenvalue weighted by atomic mass is 35.5. The third kappa shape index (κ3) is 4.22. The van der Waals surface area contributed by atoms with Gasteiger partial charge in [0.15, 0.2) is 0 Å². The maximum absolute atomic E-state index is 13.2. The van der Waals surface area contributed by atoms with Crippen LogP contribution in [0.4, 0.5) is 5.82 Å². The van der Waals surface area contributed by atoms with Crippen LogP contribution < -0.4 is 4.90 Å². The first-order chi connectivity index (χ1) is 15.1. The van der Waals surface area contributed by atoms with Gasteiger partial charge in [-0.25, -0.2) is 23.4 Å². The number of aromatic nitrogens is 4. The zero-order valence-electron chi connectivity index (χ0n) is 18.3. The Morgan fingerprint density at radius 3 is 2.16 bits per heavy atom. The average Bonchev–Trinajstić information content (AvgIpc) is 3.08. The van der Waals surface area contributed by atoms with Crippen LogP contribution in [0.3, 0.4) is 0 Å². The SMILES string of the molecule is Cc1nc(N2CCN(S(=O)(=O)c3cc(C)c(Cl)cc3Cl)CC2)cc(-n2cnc(C)c2C)n1. The van der Waals surface area contributed by atoms with Gasteiger partial charge in [-0.3, -0.25) is 4.57 Å². The molecule has 11 heteroatoms. The van der Waals surface area contributed by atoms with E-state index in [1.165, 1.54) is 16.4 Å². The fourth-order valence-electron chi connectivity index (χ4n) is 3.68. The lowest BCUT2D eigenvalue weighted by Gasteiger charge is -2.35. The van der Waals surface area contributed by atoms with E-state index in [4.69, 9.17) is 23.2 Å². The number of aryl methyl sites for hydroxylation is 3. The van der Waals surface area contributed by atoms with Gasteiger partial charge in [0, 0.05) is 43.0 Å². The molecular weight excluding hydrogens is 471 g/mol. The van der Waals surface area contributed by atoms with Gasteiger partial charge in [-0.2, -0.15) is 4.31 Å². The number of imidazole rings is 1. The van der Waals surface area contributed by atoms with Gasteiger partial charge in [0.05, 0.1) is 10.7 Å². The van der Waals surface area contributed by atoms with Crippen LogP contribution in [0.2, 0.25) is 10.0 Å². The summed E-state index contributed by atoms with van der Waals surface area (Å²) in [5, 5.41) is 0.571. The Bertz CT molecular complexity index is 1280. The van der Waals surface area contributed by atoms with Crippen LogP contribution in [0.15, 0.2) is 29.4 Å². The van der Waals surface area contributed by atoms with Crippen molar-refractivity contribution in [2.75, 3.05) is 31.1 Å². The van der Waals surface area contributed by atoms with E-state index in [0.717, 1.165) is 23.0 Å². The van der Waals surface area contributed by atoms with Crippen LogP contribution in [-0.4, -0.2) is 58.4 Å². The van der Waals surface area contributed by atoms with E-state index in [9.17, 15) is 8.42 Å². The normalized spacial score (nSPS) is 15.4. The number of halogens is 2. The summed E-state index contributed by atoms with van der Waals surface area (Å²) < 4.78 is 29.8. The van der Waals surface area contributed by atoms with Crippen molar-refractivity contribution in [2.45, 2.75) is 32.6 Å². The van der Waals surface area contributed by atoms with E-state index in [-0.39, 0.29) is 9.92 Å². The Morgan fingerprint density at radius 2 is 1.53 bits per heavy atom. The highest BCUT2D eigenvalue weighted by Gasteiger charge is 2.31. The maximum Gasteiger partial charge on any atom is 0.244 e. The first-order valence-corrected chi connectivity index (χ1v) is 12.3. The Morgan fingerprint density at radius 1 is 0.875 bits per heavy atom. The summed E-state index contributed by atoms with van der Waals surface area (Å²) in [5.74, 6) is 2.14. The molecule has 170 valence electrons. The van der Waals surface area contributed by atoms with E-state index in [1.54, 1.807) is 13.3 Å². The predicted molar refractivity (Wildman–Crippen MR) is 126 cm³/mol. The summed E-state index contributed by atoms with van der Waals surface area (Å²) in [6, 6.07) is 4.92. The van der Waals surface area contributed by atoms with Gasteiger partial charge in [0.25, 0.3) is 0 Å². The van der Waals surface area contributed by atoms with Crippen LogP contribution in [0.25, 0.3) is 5.82 Å². The molecule has 0 saturated carbocycles. The molecule has 2 aromatic heterocycles. The van der Waals surface area contributed by atoms with Crippen molar-refractivity contribution < 1.29 is 8.42 Å². The summed E-state index contributed by atoms with van der Waals surface area (Å²) in [7, 11) is -3.73. The Hall–Kier alpha value is -2.20. The van der Waals surface area contributed by atoms with E-state index in [1.807, 2.05) is 31.4 Å². The molecule has 1 aromatic carbocycles. The van der Waals surface area contributed by atoms with Crippen LogP contribution in [0.1, 0.15) is 22.8 Å². The number of sulfonamides is 1. The topological polar surface area (TPSA) is 84.2 Å². The lowest BCUT2D eigenvalue weighted by atomic mass is 10.2. The van der Waals surface area contributed by atoms with Crippen molar-refractivity contribution in [2.24, 2.45) is 0 Å². The molecule has 4 rings (SSSR count). The standard InChI is InChI=1S/C21H24Cl2N6O2S/c1-13-9-19(18(23)10-17(13)22)32(30,31)28-7-5-27(6-8-28)20-11-21(26-16(4)25-20)29-12-24-14(2)15(29)3/h9-12H,5-8H2,1-4H3. The molecule has 0 bridgehead atoms. The van der Waals surface area contributed by atoms with Crippen molar-refractivity contribution >= 4 is 39.0 Å². The first kappa shape index (κ1) is 23.0. The molecule has 1 aliphatic heterocycles. The zero-order chi connectivity index (χ0) is 23.2. The molecule has 1 saturated heterocycles. The molecule has 8 nitrogen and oxygen atoms in total. The number of hydrogen-bond donors (Lipinski definition) is 0. The van der Waals surface area contributed by atoms with Crippen LogP contribution >= 0.6 is 23.2 Å². The molecule has 3 aromatic rings. The van der Waals surface area contributed by atoms with Gasteiger partial charge in [-0.1, -0.05) is 23.2 Å². The maximum atomic E-state index is 13.2. The molecule has 0 spiro atoms. The number of anilines is 1. The average molecular weight is 495 g/mol. The molecule has 3 heterocycles. The van der Waals surface area contributed by atoms with Gasteiger partial charge in [0.2, 0.25) is 10.0 Å². The van der Waals surface area contributed by atoms with Gasteiger partial charge in [0.1, 0.15) is 28.7 Å². The highest BCUT2D eigenvalue weighted by Crippen LogP contribution is 2.31. The van der Waals surface area contributed by atoms with Crippen LogP contribution in [0, 0.1) is 27.7 Å². The summed E-state index contributed by atoms with van der Waals surface area (Å²) >= 11 is 12.3. The van der Waals surface area contributed by atoms with E-state index in [0.29, 0.717) is 42.6 Å². The monoisotopic (exact) mass is 494 g/mol. The Kier molecular flexibility index (Phi) is 6.19. The predicted octanol–water partition coefficient (Wildman–Crippen LogP) is 3.71. The van der Waals surface area contributed by atoms with Crippen LogP contribution in [0.5, 0.6) is 0 Å². The molecule has 32 heavy (non-hydrogen) atoms. The minimum absolute atomic E-state index is 0.0839. The molecule has 1 aliphatic rings. The van der Waals surface area contributed by atoms with E-state index in [2.05, 4.69) is 19.9 Å². The lowest BCUT2D eigenvalue weighted by Crippen LogP contribution is -2.49. The molecule has 0 unspecified atom stereocenters. The lowest BCUT2D eigenvalue weighted by molar-refractivity contribution is 0.383. The van der Waals surface area contributed by atoms with Gasteiger partial charge in [-0.05, 0) is 45.4 Å². The minimum Gasteiger partial charge on any atom is -0.354 e. The summed E-state index contributed by atoms with van der Waals surface area (Å²) in [4.78, 5) is 15.6. The van der Waals surface area contributed by atoms with Gasteiger partial charge >= 0.3 is 0 Å². The van der Waals surface area contributed by atoms with Crippen molar-refractivity contribution in [1.29, 1.82) is 0 Å². The Balaban J connectivity index is 1.55. The smallest absolute Gasteiger partial charge is 0.244 e. The number of hydrogen-bond acceptors (Lipinski definition) is 6. The highest BCUT2D eigenvalue weighted by molar-refractivity contribution is 7.89. The fraction of sp³-hybridized carbons (Fsp3) is 0.381. The molecule has 1 fully saturated rings. The largest absolute Gasteiger partial charge is 0.354 e. The number of piperazine rings is 1. The molecule has 0 amide bonds. The minimum atomic E-state index is -3.73. The third-order valence-corrected chi connectivity index (χ3v) is 8.47. The van der Waals surface area contributed by atoms with Crippen molar-refractivity contribution in [3.63, 3.8) is 0 Å². The quantitative estimate of drug-likeness (QED) is 0.549. The molecule has 0 aliphatic carbocycles. The summed E-state index contributed by atoms with van der Waals surface area (Å²) in [6.07, 6.45) is 1.75. The number of benzene rings is 1. The second-order valence-corrected chi connectivity index (χ2v) is 10.6. The molecular formula is C21H24Cl2N6O2S. The first-order valence-electron chi connectivity index (χ1n) is 10.2. The van der Waals surface area contributed by atoms with E-state index >= 15 is 0 Å². The van der Waals surface area contributed by atoms with Crippen LogP contribution in [-0.2, 0) is 10.0 Å². The van der Waals surface area contributed by atoms with Crippen molar-refractivity contribution in [3.8, 4) is 5.82 Å². The molecule has 0 N–H and O–H groups in total. The second-order valence-electron chi connectivity index (χ2n) is 7.84. The summed E-state index contributed by atoms with van der Waals surface area (Å²) in [5.41, 5.74) is 2.63. The van der Waals surface area contributed by atoms with Crippen molar-refractivity contribution in [3.05, 3.63) is 57.3 Å². The van der Waals surface area contributed by atoms with E-state index < -0.39 is 10.0 Å². The number of nitrogens with zero attached hydrogens (tertiary/aromatic N) is 6. The summed E-state index contributed by atoms with van der Waals surface area (Å²) in [6.45, 7) is 9.19. The fourth-order valence-corrected chi connectivity index (χ4v) is 5.91. The number of rotatable bonds is 4. The third-order valence-electron chi connectivity index (χ3n) is 5.70. The second kappa shape index (κ2) is 8.62. The van der Waals surface area contributed by atoms with Gasteiger partial charge < -0.3 is 4.90 Å². The molecule has 0 atom stereocenters. The zero-order valence-corrected chi connectivity index (χ0v) is 20.6. The van der Waals surface area contributed by atoms with Gasteiger partial charge in [-0.15, -0.1) is 0 Å². The molecule has 0 radical (unpaired) electrons.